The Morgan fingerprint density at radius 3 is 2.27 bits per heavy atom. The maximum absolute atomic E-state index is 12.5. The van der Waals surface area contributed by atoms with Gasteiger partial charge in [-0.25, -0.2) is 0 Å². The maximum atomic E-state index is 12.5. The molecule has 2 nitrogen and oxygen atoms in total. The van der Waals surface area contributed by atoms with Crippen LogP contribution in [0.1, 0.15) is 28.4 Å². The van der Waals surface area contributed by atoms with Crippen molar-refractivity contribution in [3.05, 3.63) is 28.8 Å². The fourth-order valence-electron chi connectivity index (χ4n) is 1.32. The first kappa shape index (κ1) is 11.6. The summed E-state index contributed by atoms with van der Waals surface area (Å²) >= 11 is 0. The number of halogens is 3. The molecule has 0 fully saturated rings. The van der Waals surface area contributed by atoms with E-state index in [9.17, 15) is 18.0 Å². The Labute approximate surface area is 84.9 Å². The van der Waals surface area contributed by atoms with Crippen molar-refractivity contribution in [3.8, 4) is 0 Å². The average molecular weight is 217 g/mol. The van der Waals surface area contributed by atoms with Gasteiger partial charge in [-0.2, -0.15) is 13.2 Å². The summed E-state index contributed by atoms with van der Waals surface area (Å²) < 4.78 is 37.4. The van der Waals surface area contributed by atoms with Crippen LogP contribution in [0.5, 0.6) is 0 Å². The van der Waals surface area contributed by atoms with E-state index in [1.165, 1.54) is 19.9 Å². The molecule has 0 amide bonds. The van der Waals surface area contributed by atoms with Gasteiger partial charge in [0.25, 0.3) is 0 Å². The van der Waals surface area contributed by atoms with Crippen molar-refractivity contribution in [2.24, 2.45) is 0 Å². The van der Waals surface area contributed by atoms with Crippen molar-refractivity contribution in [2.45, 2.75) is 20.0 Å². The van der Waals surface area contributed by atoms with Crippen LogP contribution in [0.3, 0.4) is 0 Å². The molecule has 0 aromatic heterocycles. The van der Waals surface area contributed by atoms with Gasteiger partial charge in [-0.3, -0.25) is 4.79 Å². The van der Waals surface area contributed by atoms with E-state index in [2.05, 4.69) is 0 Å². The lowest BCUT2D eigenvalue weighted by Crippen LogP contribution is -2.12. The predicted molar refractivity (Wildman–Crippen MR) is 50.6 cm³/mol. The second-order valence-electron chi connectivity index (χ2n) is 3.33. The first-order chi connectivity index (χ1) is 6.73. The number of nitrogens with two attached hydrogens (primary N) is 1. The summed E-state index contributed by atoms with van der Waals surface area (Å²) in [5.74, 6) is -0.471. The Kier molecular flexibility index (Phi) is 2.75. The van der Waals surface area contributed by atoms with Crippen LogP contribution in [0.25, 0.3) is 0 Å². The number of alkyl halides is 3. The molecule has 0 aliphatic rings. The van der Waals surface area contributed by atoms with Gasteiger partial charge in [-0.15, -0.1) is 0 Å². The molecular weight excluding hydrogens is 207 g/mol. The molecule has 0 unspecified atom stereocenters. The molecule has 0 radical (unpaired) electrons. The van der Waals surface area contributed by atoms with Crippen LogP contribution >= 0.6 is 0 Å². The van der Waals surface area contributed by atoms with Gasteiger partial charge >= 0.3 is 6.18 Å². The zero-order chi connectivity index (χ0) is 11.8. The molecule has 15 heavy (non-hydrogen) atoms. The number of benzene rings is 1. The average Bonchev–Trinajstić information content (AvgIpc) is 2.06. The molecule has 0 aliphatic carbocycles. The Morgan fingerprint density at radius 2 is 1.87 bits per heavy atom. The predicted octanol–water partition coefficient (Wildman–Crippen LogP) is 2.80. The summed E-state index contributed by atoms with van der Waals surface area (Å²) in [7, 11) is 0. The van der Waals surface area contributed by atoms with E-state index in [0.717, 1.165) is 6.07 Å². The maximum Gasteiger partial charge on any atom is 0.418 e. The van der Waals surface area contributed by atoms with Gasteiger partial charge in [-0.1, -0.05) is 0 Å². The van der Waals surface area contributed by atoms with E-state index in [1.54, 1.807) is 0 Å². The Balaban J connectivity index is 3.49. The van der Waals surface area contributed by atoms with Gasteiger partial charge in [0, 0.05) is 5.56 Å². The number of nitrogen functional groups attached to an aromatic ring is 1. The number of carbonyl (C=O) groups is 1. The fourth-order valence-corrected chi connectivity index (χ4v) is 1.32. The van der Waals surface area contributed by atoms with Crippen LogP contribution in [0.2, 0.25) is 0 Å². The van der Waals surface area contributed by atoms with E-state index < -0.39 is 23.2 Å². The molecule has 5 heteroatoms. The molecule has 0 bridgehead atoms. The largest absolute Gasteiger partial charge is 0.418 e. The van der Waals surface area contributed by atoms with Crippen molar-refractivity contribution in [1.82, 2.24) is 0 Å². The van der Waals surface area contributed by atoms with Crippen LogP contribution < -0.4 is 5.73 Å². The summed E-state index contributed by atoms with van der Waals surface area (Å²) in [5.41, 5.74) is 4.13. The number of aryl methyl sites for hydroxylation is 1. The minimum absolute atomic E-state index is 0.0812. The molecule has 82 valence electrons. The lowest BCUT2D eigenvalue weighted by atomic mass is 10.0. The first-order valence-corrected chi connectivity index (χ1v) is 4.21. The smallest absolute Gasteiger partial charge is 0.398 e. The zero-order valence-corrected chi connectivity index (χ0v) is 8.27. The first-order valence-electron chi connectivity index (χ1n) is 4.21. The number of anilines is 1. The third kappa shape index (κ3) is 2.29. The molecule has 0 saturated heterocycles. The second-order valence-corrected chi connectivity index (χ2v) is 3.33. The Bertz CT molecular complexity index is 410. The lowest BCUT2D eigenvalue weighted by molar-refractivity contribution is -0.136. The number of hydrogen-bond acceptors (Lipinski definition) is 2. The van der Waals surface area contributed by atoms with Crippen molar-refractivity contribution < 1.29 is 18.0 Å². The molecule has 1 aromatic rings. The number of ketones is 1. The van der Waals surface area contributed by atoms with Crippen molar-refractivity contribution in [1.29, 1.82) is 0 Å². The topological polar surface area (TPSA) is 43.1 Å². The molecule has 0 saturated carbocycles. The van der Waals surface area contributed by atoms with Gasteiger partial charge in [0.15, 0.2) is 5.78 Å². The van der Waals surface area contributed by atoms with E-state index >= 15 is 0 Å². The van der Waals surface area contributed by atoms with Crippen molar-refractivity contribution in [3.63, 3.8) is 0 Å². The van der Waals surface area contributed by atoms with Crippen LogP contribution in [0, 0.1) is 6.92 Å². The van der Waals surface area contributed by atoms with Crippen LogP contribution in [0.4, 0.5) is 18.9 Å². The molecule has 0 spiro atoms. The monoisotopic (exact) mass is 217 g/mol. The Morgan fingerprint density at radius 1 is 1.33 bits per heavy atom. The van der Waals surface area contributed by atoms with E-state index in [4.69, 9.17) is 5.73 Å². The van der Waals surface area contributed by atoms with E-state index in [-0.39, 0.29) is 5.56 Å². The fraction of sp³-hybridized carbons (Fsp3) is 0.300. The Hall–Kier alpha value is -1.52. The lowest BCUT2D eigenvalue weighted by Gasteiger charge is -2.13. The van der Waals surface area contributed by atoms with Crippen LogP contribution in [-0.2, 0) is 6.18 Å². The van der Waals surface area contributed by atoms with Crippen LogP contribution in [-0.4, -0.2) is 5.78 Å². The third-order valence-electron chi connectivity index (χ3n) is 2.01. The number of carbonyl (C=O) groups excluding carboxylic acids is 1. The highest BCUT2D eigenvalue weighted by Gasteiger charge is 2.34. The minimum atomic E-state index is -4.53. The van der Waals surface area contributed by atoms with Crippen molar-refractivity contribution in [2.75, 3.05) is 5.73 Å². The normalized spacial score (nSPS) is 11.5. The molecule has 0 heterocycles. The molecule has 0 atom stereocenters. The van der Waals surface area contributed by atoms with Gasteiger partial charge in [0.1, 0.15) is 0 Å². The third-order valence-corrected chi connectivity index (χ3v) is 2.01. The highest BCUT2D eigenvalue weighted by atomic mass is 19.4. The molecule has 0 aliphatic heterocycles. The van der Waals surface area contributed by atoms with Crippen LogP contribution in [0.15, 0.2) is 12.1 Å². The zero-order valence-electron chi connectivity index (χ0n) is 8.27. The molecule has 1 aromatic carbocycles. The summed E-state index contributed by atoms with van der Waals surface area (Å²) in [6, 6.07) is 2.29. The standard InChI is InChI=1S/C10H10F3NO/c1-5-3-7(6(2)15)9(14)8(4-5)10(11,12)13/h3-4H,14H2,1-2H3. The van der Waals surface area contributed by atoms with Gasteiger partial charge < -0.3 is 5.73 Å². The molecule has 1 rings (SSSR count). The number of hydrogen-bond donors (Lipinski definition) is 1. The summed E-state index contributed by atoms with van der Waals surface area (Å²) in [4.78, 5) is 11.1. The summed E-state index contributed by atoms with van der Waals surface area (Å²) in [6.07, 6.45) is -4.53. The van der Waals surface area contributed by atoms with Gasteiger partial charge in [-0.05, 0) is 31.5 Å². The van der Waals surface area contributed by atoms with Gasteiger partial charge in [0.2, 0.25) is 0 Å². The van der Waals surface area contributed by atoms with E-state index in [0.29, 0.717) is 5.56 Å². The van der Waals surface area contributed by atoms with Gasteiger partial charge in [0.05, 0.1) is 11.3 Å². The highest BCUT2D eigenvalue weighted by Crippen LogP contribution is 2.35. The minimum Gasteiger partial charge on any atom is -0.398 e. The summed E-state index contributed by atoms with van der Waals surface area (Å²) in [6.45, 7) is 2.67. The number of Topliss-reactive ketones (excluding diaryl/α,β-unsaturated/α-hetero) is 1. The second kappa shape index (κ2) is 3.56. The van der Waals surface area contributed by atoms with Crippen molar-refractivity contribution >= 4 is 11.5 Å². The SMILES string of the molecule is CC(=O)c1cc(C)cc(C(F)(F)F)c1N. The summed E-state index contributed by atoms with van der Waals surface area (Å²) in [5, 5.41) is 0. The van der Waals surface area contributed by atoms with E-state index in [1.807, 2.05) is 0 Å². The molecular formula is C10H10F3NO. The number of rotatable bonds is 1. The highest BCUT2D eigenvalue weighted by molar-refractivity contribution is 6.00. The quantitative estimate of drug-likeness (QED) is 0.580. The molecule has 2 N–H and O–H groups in total.